The molecule has 1 heteroatoms. The van der Waals surface area contributed by atoms with Crippen LogP contribution in [0, 0.1) is 0 Å². The van der Waals surface area contributed by atoms with Crippen LogP contribution in [0.5, 0.6) is 0 Å². The largest absolute Gasteiger partial charge is 0.367 e. The second-order valence-corrected chi connectivity index (χ2v) is 7.49. The summed E-state index contributed by atoms with van der Waals surface area (Å²) in [6, 6.07) is 21.3. The molecule has 144 valence electrons. The molecule has 0 heterocycles. The molecular formula is C26H34O. The Hall–Kier alpha value is -2.12. The molecule has 27 heavy (non-hydrogen) atoms. The smallest absolute Gasteiger partial charge is 0.0762 e. The molecule has 2 aromatic carbocycles. The van der Waals surface area contributed by atoms with Gasteiger partial charge in [-0.15, -0.1) is 13.2 Å². The van der Waals surface area contributed by atoms with E-state index in [1.807, 2.05) is 12.2 Å². The van der Waals surface area contributed by atoms with Crippen LogP contribution in [0.1, 0.15) is 50.7 Å². The Morgan fingerprint density at radius 2 is 1.07 bits per heavy atom. The molecule has 2 rings (SSSR count). The van der Waals surface area contributed by atoms with E-state index < -0.39 is 0 Å². The second-order valence-electron chi connectivity index (χ2n) is 7.49. The van der Waals surface area contributed by atoms with Crippen molar-refractivity contribution >= 4 is 0 Å². The predicted molar refractivity (Wildman–Crippen MR) is 117 cm³/mol. The molecule has 0 saturated carbocycles. The predicted octanol–water partition coefficient (Wildman–Crippen LogP) is 6.94. The normalized spacial score (nSPS) is 15.5. The van der Waals surface area contributed by atoms with Crippen molar-refractivity contribution in [2.24, 2.45) is 0 Å². The Morgan fingerprint density at radius 3 is 1.37 bits per heavy atom. The zero-order valence-corrected chi connectivity index (χ0v) is 17.0. The molecule has 2 atom stereocenters. The van der Waals surface area contributed by atoms with Gasteiger partial charge in [0.2, 0.25) is 0 Å². The molecular weight excluding hydrogens is 328 g/mol. The lowest BCUT2D eigenvalue weighted by Crippen LogP contribution is -2.46. The SMILES string of the molecule is C=CCC(CC)(Cc1ccccc1)OC(CC)(CC=C)Cc1ccccc1. The van der Waals surface area contributed by atoms with Crippen LogP contribution in [-0.2, 0) is 17.6 Å². The summed E-state index contributed by atoms with van der Waals surface area (Å²) < 4.78 is 7.07. The molecule has 0 aliphatic heterocycles. The summed E-state index contributed by atoms with van der Waals surface area (Å²) in [6.45, 7) is 12.5. The standard InChI is InChI=1S/C26H34O/c1-5-19-25(7-3,21-23-15-11-9-12-16-23)27-26(8-4,20-6-2)22-24-17-13-10-14-18-24/h5-6,9-18H,1-2,7-8,19-22H2,3-4H3. The van der Waals surface area contributed by atoms with E-state index >= 15 is 0 Å². The first-order valence-corrected chi connectivity index (χ1v) is 10.1. The van der Waals surface area contributed by atoms with Crippen molar-refractivity contribution in [3.63, 3.8) is 0 Å². The Labute approximate surface area is 165 Å². The van der Waals surface area contributed by atoms with Crippen LogP contribution in [0.4, 0.5) is 0 Å². The molecule has 0 bridgehead atoms. The highest BCUT2D eigenvalue weighted by molar-refractivity contribution is 5.20. The van der Waals surface area contributed by atoms with Gasteiger partial charge in [-0.3, -0.25) is 0 Å². The molecule has 0 spiro atoms. The summed E-state index contributed by atoms with van der Waals surface area (Å²) in [7, 11) is 0. The maximum Gasteiger partial charge on any atom is 0.0762 e. The van der Waals surface area contributed by atoms with Crippen molar-refractivity contribution in [3.8, 4) is 0 Å². The number of rotatable bonds is 12. The summed E-state index contributed by atoms with van der Waals surface area (Å²) in [6.07, 6.45) is 9.36. The van der Waals surface area contributed by atoms with E-state index in [-0.39, 0.29) is 11.2 Å². The fraction of sp³-hybridized carbons (Fsp3) is 0.385. The van der Waals surface area contributed by atoms with Crippen LogP contribution in [0.15, 0.2) is 86.0 Å². The van der Waals surface area contributed by atoms with Gasteiger partial charge in [0.15, 0.2) is 0 Å². The highest BCUT2D eigenvalue weighted by Gasteiger charge is 2.39. The van der Waals surface area contributed by atoms with Gasteiger partial charge in [0, 0.05) is 12.8 Å². The maximum atomic E-state index is 7.07. The van der Waals surface area contributed by atoms with Gasteiger partial charge < -0.3 is 4.74 Å². The van der Waals surface area contributed by atoms with Crippen LogP contribution in [0.3, 0.4) is 0 Å². The van der Waals surface area contributed by atoms with Crippen LogP contribution in [-0.4, -0.2) is 11.2 Å². The zero-order chi connectivity index (χ0) is 19.6. The summed E-state index contributed by atoms with van der Waals surface area (Å²) >= 11 is 0. The summed E-state index contributed by atoms with van der Waals surface area (Å²) in [5.41, 5.74) is 2.11. The van der Waals surface area contributed by atoms with Gasteiger partial charge >= 0.3 is 0 Å². The number of benzene rings is 2. The molecule has 0 fully saturated rings. The van der Waals surface area contributed by atoms with E-state index in [2.05, 4.69) is 87.7 Å². The quantitative estimate of drug-likeness (QED) is 0.372. The first kappa shape index (κ1) is 21.2. The zero-order valence-electron chi connectivity index (χ0n) is 17.0. The molecule has 0 N–H and O–H groups in total. The fourth-order valence-electron chi connectivity index (χ4n) is 3.90. The summed E-state index contributed by atoms with van der Waals surface area (Å²) in [5, 5.41) is 0. The van der Waals surface area contributed by atoms with Gasteiger partial charge in [-0.2, -0.15) is 0 Å². The molecule has 1 nitrogen and oxygen atoms in total. The van der Waals surface area contributed by atoms with E-state index in [9.17, 15) is 0 Å². The van der Waals surface area contributed by atoms with Crippen LogP contribution >= 0.6 is 0 Å². The Morgan fingerprint density at radius 1 is 0.704 bits per heavy atom. The van der Waals surface area contributed by atoms with Crippen molar-refractivity contribution in [1.29, 1.82) is 0 Å². The van der Waals surface area contributed by atoms with Gasteiger partial charge in [0.25, 0.3) is 0 Å². The topological polar surface area (TPSA) is 9.23 Å². The highest BCUT2D eigenvalue weighted by Crippen LogP contribution is 2.37. The molecule has 2 aromatic rings. The lowest BCUT2D eigenvalue weighted by atomic mass is 9.83. The number of ether oxygens (including phenoxy) is 1. The minimum Gasteiger partial charge on any atom is -0.367 e. The Bertz CT molecular complexity index is 629. The number of hydrogen-bond donors (Lipinski definition) is 0. The average Bonchev–Trinajstić information content (AvgIpc) is 2.70. The lowest BCUT2D eigenvalue weighted by Gasteiger charge is -2.44. The minimum atomic E-state index is -0.253. The third-order valence-corrected chi connectivity index (χ3v) is 5.49. The summed E-state index contributed by atoms with van der Waals surface area (Å²) in [4.78, 5) is 0. The molecule has 0 radical (unpaired) electrons. The van der Waals surface area contributed by atoms with Gasteiger partial charge in [-0.25, -0.2) is 0 Å². The molecule has 0 aliphatic rings. The Balaban J connectivity index is 2.36. The lowest BCUT2D eigenvalue weighted by molar-refractivity contribution is -0.158. The van der Waals surface area contributed by atoms with E-state index in [1.165, 1.54) is 11.1 Å². The first-order valence-electron chi connectivity index (χ1n) is 10.1. The van der Waals surface area contributed by atoms with Crippen molar-refractivity contribution in [3.05, 3.63) is 97.1 Å². The van der Waals surface area contributed by atoms with Gasteiger partial charge in [0.05, 0.1) is 11.2 Å². The van der Waals surface area contributed by atoms with Crippen LogP contribution in [0.2, 0.25) is 0 Å². The molecule has 0 aliphatic carbocycles. The third-order valence-electron chi connectivity index (χ3n) is 5.49. The third kappa shape index (κ3) is 5.94. The molecule has 0 aromatic heterocycles. The van der Waals surface area contributed by atoms with E-state index in [0.717, 1.165) is 38.5 Å². The van der Waals surface area contributed by atoms with Crippen LogP contribution < -0.4 is 0 Å². The van der Waals surface area contributed by atoms with E-state index in [0.29, 0.717) is 0 Å². The first-order chi connectivity index (χ1) is 13.1. The average molecular weight is 363 g/mol. The summed E-state index contributed by atoms with van der Waals surface area (Å²) in [5.74, 6) is 0. The van der Waals surface area contributed by atoms with Gasteiger partial charge in [-0.1, -0.05) is 86.7 Å². The van der Waals surface area contributed by atoms with E-state index in [4.69, 9.17) is 4.74 Å². The van der Waals surface area contributed by atoms with Crippen LogP contribution in [0.25, 0.3) is 0 Å². The van der Waals surface area contributed by atoms with Gasteiger partial charge in [-0.05, 0) is 36.8 Å². The fourth-order valence-corrected chi connectivity index (χ4v) is 3.90. The maximum absolute atomic E-state index is 7.07. The van der Waals surface area contributed by atoms with Crippen molar-refractivity contribution in [2.45, 2.75) is 63.6 Å². The van der Waals surface area contributed by atoms with Gasteiger partial charge in [0.1, 0.15) is 0 Å². The number of hydrogen-bond acceptors (Lipinski definition) is 1. The Kier molecular flexibility index (Phi) is 8.06. The highest BCUT2D eigenvalue weighted by atomic mass is 16.5. The van der Waals surface area contributed by atoms with Crippen molar-refractivity contribution in [1.82, 2.24) is 0 Å². The monoisotopic (exact) mass is 362 g/mol. The van der Waals surface area contributed by atoms with Crippen molar-refractivity contribution in [2.75, 3.05) is 0 Å². The van der Waals surface area contributed by atoms with Crippen molar-refractivity contribution < 1.29 is 4.74 Å². The van der Waals surface area contributed by atoms with E-state index in [1.54, 1.807) is 0 Å². The molecule has 0 saturated heterocycles. The second kappa shape index (κ2) is 10.3. The molecule has 0 amide bonds. The minimum absolute atomic E-state index is 0.253. The molecule has 2 unspecified atom stereocenters.